The smallest absolute Gasteiger partial charge is 0.264 e. The van der Waals surface area contributed by atoms with E-state index in [2.05, 4.69) is 11.8 Å². The molecule has 0 fully saturated rings. The van der Waals surface area contributed by atoms with E-state index in [-0.39, 0.29) is 37.1 Å². The largest absolute Gasteiger partial charge is 0.399 e. The van der Waals surface area contributed by atoms with Crippen LogP contribution < -0.4 is 11.5 Å². The number of halogens is 2. The zero-order valence-electron chi connectivity index (χ0n) is 17.4. The SMILES string of the molecule is CN(Cc1cccc(N)c1)C(=O)CC#CC(O)C(=O)N(C)Cc1cccc(N)c1.Cl.Cl. The third kappa shape index (κ3) is 9.18. The van der Waals surface area contributed by atoms with Gasteiger partial charge in [-0.2, -0.15) is 0 Å². The zero-order valence-corrected chi connectivity index (χ0v) is 19.1. The van der Waals surface area contributed by atoms with E-state index in [1.165, 1.54) is 9.80 Å². The van der Waals surface area contributed by atoms with E-state index in [1.54, 1.807) is 44.4 Å². The van der Waals surface area contributed by atoms with E-state index in [4.69, 9.17) is 11.5 Å². The van der Waals surface area contributed by atoms with Gasteiger partial charge in [0.2, 0.25) is 5.91 Å². The Morgan fingerprint density at radius 3 is 1.90 bits per heavy atom. The monoisotopic (exact) mass is 466 g/mol. The maximum absolute atomic E-state index is 12.2. The fourth-order valence-corrected chi connectivity index (χ4v) is 2.73. The molecule has 2 aromatic carbocycles. The Hall–Kier alpha value is -2.92. The van der Waals surface area contributed by atoms with Crippen molar-refractivity contribution in [3.8, 4) is 11.8 Å². The third-order valence-electron chi connectivity index (χ3n) is 4.26. The van der Waals surface area contributed by atoms with Crippen LogP contribution in [-0.4, -0.2) is 46.9 Å². The number of hydrogen-bond acceptors (Lipinski definition) is 5. The maximum Gasteiger partial charge on any atom is 0.264 e. The summed E-state index contributed by atoms with van der Waals surface area (Å²) in [4.78, 5) is 27.3. The normalized spacial score (nSPS) is 10.4. The number of carbonyl (C=O) groups excluding carboxylic acids is 2. The fourth-order valence-electron chi connectivity index (χ4n) is 2.73. The maximum atomic E-state index is 12.2. The van der Waals surface area contributed by atoms with Crippen molar-refractivity contribution in [1.82, 2.24) is 9.80 Å². The highest BCUT2D eigenvalue weighted by atomic mass is 35.5. The van der Waals surface area contributed by atoms with Crippen LogP contribution in [0.1, 0.15) is 17.5 Å². The van der Waals surface area contributed by atoms with E-state index >= 15 is 0 Å². The summed E-state index contributed by atoms with van der Waals surface area (Å²) >= 11 is 0. The summed E-state index contributed by atoms with van der Waals surface area (Å²) < 4.78 is 0. The summed E-state index contributed by atoms with van der Waals surface area (Å²) in [6, 6.07) is 14.4. The number of nitrogen functional groups attached to an aromatic ring is 2. The summed E-state index contributed by atoms with van der Waals surface area (Å²) in [5, 5.41) is 10.0. The number of aliphatic hydroxyl groups excluding tert-OH is 1. The van der Waals surface area contributed by atoms with Crippen molar-refractivity contribution in [2.75, 3.05) is 25.6 Å². The molecule has 0 saturated carbocycles. The highest BCUT2D eigenvalue weighted by molar-refractivity contribution is 5.86. The van der Waals surface area contributed by atoms with E-state index < -0.39 is 12.0 Å². The molecular formula is C22H28Cl2N4O3. The number of nitrogens with zero attached hydrogens (tertiary/aromatic N) is 2. The number of benzene rings is 2. The molecule has 2 aromatic rings. The lowest BCUT2D eigenvalue weighted by molar-refractivity contribution is -0.136. The minimum absolute atomic E-state index is 0. The van der Waals surface area contributed by atoms with Gasteiger partial charge < -0.3 is 26.4 Å². The second-order valence-electron chi connectivity index (χ2n) is 6.83. The molecule has 1 unspecified atom stereocenters. The zero-order chi connectivity index (χ0) is 21.4. The van der Waals surface area contributed by atoms with Gasteiger partial charge in [-0.3, -0.25) is 9.59 Å². The van der Waals surface area contributed by atoms with E-state index in [9.17, 15) is 14.7 Å². The van der Waals surface area contributed by atoms with Crippen LogP contribution in [0.15, 0.2) is 48.5 Å². The van der Waals surface area contributed by atoms with E-state index in [1.807, 2.05) is 18.2 Å². The molecule has 9 heteroatoms. The van der Waals surface area contributed by atoms with Crippen LogP contribution in [0.4, 0.5) is 11.4 Å². The first-order chi connectivity index (χ1) is 13.8. The van der Waals surface area contributed by atoms with Crippen LogP contribution >= 0.6 is 24.8 Å². The number of likely N-dealkylation sites (N-methyl/N-ethyl adjacent to an activating group) is 1. The van der Waals surface area contributed by atoms with Crippen molar-refractivity contribution in [1.29, 1.82) is 0 Å². The Kier molecular flexibility index (Phi) is 12.1. The summed E-state index contributed by atoms with van der Waals surface area (Å²) in [5.74, 6) is 4.27. The Morgan fingerprint density at radius 1 is 0.935 bits per heavy atom. The molecule has 0 bridgehead atoms. The number of rotatable bonds is 6. The number of hydrogen-bond donors (Lipinski definition) is 3. The minimum Gasteiger partial charge on any atom is -0.399 e. The lowest BCUT2D eigenvalue weighted by atomic mass is 10.2. The van der Waals surface area contributed by atoms with Gasteiger partial charge in [0, 0.05) is 38.6 Å². The molecule has 168 valence electrons. The molecule has 0 aliphatic rings. The summed E-state index contributed by atoms with van der Waals surface area (Å²) in [6.45, 7) is 0.695. The van der Waals surface area contributed by atoms with Crippen molar-refractivity contribution in [3.63, 3.8) is 0 Å². The van der Waals surface area contributed by atoms with Crippen molar-refractivity contribution in [2.24, 2.45) is 0 Å². The van der Waals surface area contributed by atoms with Crippen molar-refractivity contribution >= 4 is 48.0 Å². The molecule has 0 radical (unpaired) electrons. The molecule has 0 aromatic heterocycles. The molecule has 0 saturated heterocycles. The van der Waals surface area contributed by atoms with Crippen LogP contribution in [0.5, 0.6) is 0 Å². The van der Waals surface area contributed by atoms with Gasteiger partial charge >= 0.3 is 0 Å². The van der Waals surface area contributed by atoms with Gasteiger partial charge in [0.15, 0.2) is 6.10 Å². The highest BCUT2D eigenvalue weighted by Crippen LogP contribution is 2.10. The van der Waals surface area contributed by atoms with Gasteiger partial charge in [0.1, 0.15) is 0 Å². The average molecular weight is 467 g/mol. The first-order valence-corrected chi connectivity index (χ1v) is 9.10. The average Bonchev–Trinajstić information content (AvgIpc) is 2.67. The van der Waals surface area contributed by atoms with Crippen LogP contribution in [0, 0.1) is 11.8 Å². The molecule has 2 rings (SSSR count). The molecule has 0 spiro atoms. The van der Waals surface area contributed by atoms with Gasteiger partial charge in [-0.15, -0.1) is 24.8 Å². The molecule has 31 heavy (non-hydrogen) atoms. The topological polar surface area (TPSA) is 113 Å². The molecule has 0 aliphatic heterocycles. The summed E-state index contributed by atoms with van der Waals surface area (Å²) in [6.07, 6.45) is -1.59. The van der Waals surface area contributed by atoms with Crippen molar-refractivity contribution in [3.05, 3.63) is 59.7 Å². The van der Waals surface area contributed by atoms with Gasteiger partial charge in [0.25, 0.3) is 5.91 Å². The number of nitrogens with two attached hydrogens (primary N) is 2. The van der Waals surface area contributed by atoms with Gasteiger partial charge in [-0.1, -0.05) is 36.1 Å². The lowest BCUT2D eigenvalue weighted by Gasteiger charge is -2.18. The first-order valence-electron chi connectivity index (χ1n) is 9.10. The van der Waals surface area contributed by atoms with Crippen LogP contribution in [-0.2, 0) is 22.7 Å². The lowest BCUT2D eigenvalue weighted by Crippen LogP contribution is -2.35. The number of aliphatic hydroxyl groups is 1. The molecular weight excluding hydrogens is 439 g/mol. The molecule has 5 N–H and O–H groups in total. The van der Waals surface area contributed by atoms with Crippen LogP contribution in [0.25, 0.3) is 0 Å². The second-order valence-corrected chi connectivity index (χ2v) is 6.83. The summed E-state index contributed by atoms with van der Waals surface area (Å²) in [5.41, 5.74) is 14.5. The van der Waals surface area contributed by atoms with E-state index in [0.29, 0.717) is 24.5 Å². The predicted octanol–water partition coefficient (Wildman–Crippen LogP) is 2.07. The van der Waals surface area contributed by atoms with Crippen LogP contribution in [0.2, 0.25) is 0 Å². The number of carbonyl (C=O) groups is 2. The predicted molar refractivity (Wildman–Crippen MR) is 128 cm³/mol. The molecule has 7 nitrogen and oxygen atoms in total. The standard InChI is InChI=1S/C22H26N4O3.2ClH/c1-25(14-16-6-3-8-18(23)12-16)21(28)11-5-10-20(27)22(29)26(2)15-17-7-4-9-19(24)13-17;;/h3-4,6-9,12-13,20,27H,11,14-15,23-24H2,1-2H3;2*1H. The first kappa shape index (κ1) is 28.1. The van der Waals surface area contributed by atoms with Gasteiger partial charge in [-0.25, -0.2) is 0 Å². The van der Waals surface area contributed by atoms with Gasteiger partial charge in [-0.05, 0) is 35.4 Å². The Labute approximate surface area is 195 Å². The Balaban J connectivity index is 0.00000450. The second kappa shape index (κ2) is 13.4. The van der Waals surface area contributed by atoms with Crippen molar-refractivity contribution < 1.29 is 14.7 Å². The van der Waals surface area contributed by atoms with E-state index in [0.717, 1.165) is 11.1 Å². The minimum atomic E-state index is -1.49. The number of anilines is 2. The number of amides is 2. The van der Waals surface area contributed by atoms with Crippen LogP contribution in [0.3, 0.4) is 0 Å². The fraction of sp³-hybridized carbons (Fsp3) is 0.273. The quantitative estimate of drug-likeness (QED) is 0.445. The van der Waals surface area contributed by atoms with Crippen molar-refractivity contribution in [2.45, 2.75) is 25.6 Å². The third-order valence-corrected chi connectivity index (χ3v) is 4.26. The molecule has 0 heterocycles. The highest BCUT2D eigenvalue weighted by Gasteiger charge is 2.17. The molecule has 1 atom stereocenters. The molecule has 0 aliphatic carbocycles. The Morgan fingerprint density at radius 2 is 1.42 bits per heavy atom. The Bertz CT molecular complexity index is 944. The van der Waals surface area contributed by atoms with Gasteiger partial charge in [0.05, 0.1) is 6.42 Å². The summed E-state index contributed by atoms with van der Waals surface area (Å²) in [7, 11) is 3.23. The molecule has 2 amide bonds.